The average Bonchev–Trinajstić information content (AvgIpc) is 3.37. The molecule has 2 saturated heterocycles. The predicted molar refractivity (Wildman–Crippen MR) is 192 cm³/mol. The molecule has 12 atom stereocenters. The SMILES string of the molecule is CC[C@H]1OC(=O)/C(C)=C/[C@H](C)[C@@H](O[C@@H]2O[C@H](C)C[C@H](N(C)C)[C@H]2O)[C@@](C)(OC)C[C@@H](C)C(=O)[C@H](C)[C@H]2N(NCc3ccc(C#N)cc3)C(=O)O[C@]12C. The van der Waals surface area contributed by atoms with Crippen molar-refractivity contribution in [3.63, 3.8) is 0 Å². The summed E-state index contributed by atoms with van der Waals surface area (Å²) in [7, 11) is 5.36. The number of Topliss-reactive ketones (excluding diaryl/α,β-unsaturated/α-hetero) is 1. The molecule has 13 nitrogen and oxygen atoms in total. The number of rotatable bonds is 8. The lowest BCUT2D eigenvalue weighted by molar-refractivity contribution is -0.294. The molecule has 0 aliphatic carbocycles. The number of methoxy groups -OCH3 is 1. The summed E-state index contributed by atoms with van der Waals surface area (Å²) < 4.78 is 31.2. The molecule has 0 spiro atoms. The minimum Gasteiger partial charge on any atom is -0.455 e. The fourth-order valence-corrected chi connectivity index (χ4v) is 8.31. The number of aliphatic hydroxyl groups excluding tert-OH is 1. The van der Waals surface area contributed by atoms with Crippen molar-refractivity contribution >= 4 is 17.8 Å². The summed E-state index contributed by atoms with van der Waals surface area (Å²) in [6.45, 7) is 14.7. The molecule has 2 fully saturated rings. The van der Waals surface area contributed by atoms with E-state index in [1.165, 1.54) is 5.01 Å². The first-order chi connectivity index (χ1) is 24.4. The van der Waals surface area contributed by atoms with Gasteiger partial charge in [0.05, 0.1) is 29.4 Å². The lowest BCUT2D eigenvalue weighted by Gasteiger charge is -2.46. The molecule has 1 aromatic rings. The number of carbonyl (C=O) groups excluding carboxylic acids is 3. The highest BCUT2D eigenvalue weighted by Crippen LogP contribution is 2.42. The molecule has 1 amide bonds. The molecular formula is C39H58N4O9. The zero-order chi connectivity index (χ0) is 38.7. The minimum absolute atomic E-state index is 0.144. The normalized spacial score (nSPS) is 38.8. The number of nitrogens with one attached hydrogen (secondary N) is 1. The number of nitriles is 1. The maximum Gasteiger partial charge on any atom is 0.425 e. The van der Waals surface area contributed by atoms with Crippen molar-refractivity contribution in [1.82, 2.24) is 15.3 Å². The Balaban J connectivity index is 1.75. The Kier molecular flexibility index (Phi) is 13.3. The second-order valence-corrected chi connectivity index (χ2v) is 15.5. The number of fused-ring (bicyclic) bond motifs is 1. The van der Waals surface area contributed by atoms with E-state index in [9.17, 15) is 24.8 Å². The van der Waals surface area contributed by atoms with Crippen LogP contribution in [-0.2, 0) is 39.8 Å². The molecule has 13 heteroatoms. The van der Waals surface area contributed by atoms with Crippen molar-refractivity contribution in [2.24, 2.45) is 17.8 Å². The van der Waals surface area contributed by atoms with Crippen LogP contribution >= 0.6 is 0 Å². The predicted octanol–water partition coefficient (Wildman–Crippen LogP) is 4.51. The van der Waals surface area contributed by atoms with Crippen LogP contribution in [0, 0.1) is 29.1 Å². The van der Waals surface area contributed by atoms with Crippen molar-refractivity contribution in [1.29, 1.82) is 5.26 Å². The van der Waals surface area contributed by atoms with Crippen molar-refractivity contribution in [2.45, 2.75) is 135 Å². The van der Waals surface area contributed by atoms with E-state index >= 15 is 0 Å². The fourth-order valence-electron chi connectivity index (χ4n) is 8.31. The number of hydrogen-bond acceptors (Lipinski definition) is 12. The smallest absolute Gasteiger partial charge is 0.425 e. The van der Waals surface area contributed by atoms with Gasteiger partial charge in [-0.15, -0.1) is 0 Å². The van der Waals surface area contributed by atoms with E-state index in [1.54, 1.807) is 58.2 Å². The number of hydrazine groups is 1. The number of cyclic esters (lactones) is 1. The first-order valence-electron chi connectivity index (χ1n) is 18.3. The molecule has 288 valence electrons. The quantitative estimate of drug-likeness (QED) is 0.362. The number of esters is 1. The highest BCUT2D eigenvalue weighted by atomic mass is 16.7. The van der Waals surface area contributed by atoms with Gasteiger partial charge in [0.2, 0.25) is 0 Å². The molecule has 0 radical (unpaired) electrons. The Labute approximate surface area is 308 Å². The Morgan fingerprint density at radius 3 is 2.35 bits per heavy atom. The van der Waals surface area contributed by atoms with Crippen molar-refractivity contribution < 1.29 is 43.2 Å². The van der Waals surface area contributed by atoms with E-state index in [0.29, 0.717) is 24.0 Å². The topological polar surface area (TPSA) is 160 Å². The number of amides is 1. The molecule has 4 rings (SSSR count). The molecule has 1 aromatic carbocycles. The van der Waals surface area contributed by atoms with E-state index in [-0.39, 0.29) is 30.9 Å². The van der Waals surface area contributed by atoms with E-state index in [0.717, 1.165) is 5.56 Å². The van der Waals surface area contributed by atoms with Crippen LogP contribution in [0.1, 0.15) is 85.8 Å². The number of likely N-dealkylation sites (N-methyl/N-ethyl adjacent to an activating group) is 1. The first kappa shape index (κ1) is 41.4. The zero-order valence-electron chi connectivity index (χ0n) is 32.5. The highest BCUT2D eigenvalue weighted by Gasteiger charge is 2.60. The van der Waals surface area contributed by atoms with Gasteiger partial charge in [0, 0.05) is 43.0 Å². The lowest BCUT2D eigenvalue weighted by atomic mass is 9.74. The first-order valence-corrected chi connectivity index (χ1v) is 18.3. The van der Waals surface area contributed by atoms with Gasteiger partial charge in [0.1, 0.15) is 24.0 Å². The fraction of sp³-hybridized carbons (Fsp3) is 0.692. The van der Waals surface area contributed by atoms with Crippen LogP contribution in [0.4, 0.5) is 4.79 Å². The summed E-state index contributed by atoms with van der Waals surface area (Å²) >= 11 is 0. The number of aliphatic hydroxyl groups is 1. The van der Waals surface area contributed by atoms with Crippen LogP contribution in [0.5, 0.6) is 0 Å². The lowest BCUT2D eigenvalue weighted by Crippen LogP contribution is -2.60. The minimum atomic E-state index is -1.39. The molecule has 3 aliphatic heterocycles. The maximum absolute atomic E-state index is 14.6. The summed E-state index contributed by atoms with van der Waals surface area (Å²) in [6, 6.07) is 7.96. The number of benzene rings is 1. The van der Waals surface area contributed by atoms with Gasteiger partial charge in [-0.25, -0.2) is 20.0 Å². The van der Waals surface area contributed by atoms with Crippen LogP contribution in [0.2, 0.25) is 0 Å². The number of ketones is 1. The van der Waals surface area contributed by atoms with Gasteiger partial charge in [-0.3, -0.25) is 4.79 Å². The van der Waals surface area contributed by atoms with Gasteiger partial charge in [-0.05, 0) is 78.7 Å². The Hall–Kier alpha value is -3.38. The summed E-state index contributed by atoms with van der Waals surface area (Å²) in [5.41, 5.74) is 2.31. The van der Waals surface area contributed by atoms with Crippen molar-refractivity contribution in [3.05, 3.63) is 47.0 Å². The van der Waals surface area contributed by atoms with Gasteiger partial charge in [-0.1, -0.05) is 45.9 Å². The summed E-state index contributed by atoms with van der Waals surface area (Å²) in [6.07, 6.45) is -1.60. The van der Waals surface area contributed by atoms with Gasteiger partial charge in [-0.2, -0.15) is 5.26 Å². The van der Waals surface area contributed by atoms with Gasteiger partial charge >= 0.3 is 12.1 Å². The van der Waals surface area contributed by atoms with Crippen LogP contribution in [0.3, 0.4) is 0 Å². The summed E-state index contributed by atoms with van der Waals surface area (Å²) in [5.74, 6) is -2.57. The zero-order valence-corrected chi connectivity index (χ0v) is 32.5. The monoisotopic (exact) mass is 726 g/mol. The molecule has 2 N–H and O–H groups in total. The van der Waals surface area contributed by atoms with Gasteiger partial charge in [0.15, 0.2) is 11.9 Å². The Morgan fingerprint density at radius 2 is 1.77 bits per heavy atom. The average molecular weight is 727 g/mol. The van der Waals surface area contributed by atoms with Crippen molar-refractivity contribution in [2.75, 3.05) is 21.2 Å². The molecule has 3 aliphatic rings. The van der Waals surface area contributed by atoms with Crippen LogP contribution in [0.15, 0.2) is 35.9 Å². The number of hydrogen-bond donors (Lipinski definition) is 2. The number of nitrogens with zero attached hydrogens (tertiary/aromatic N) is 3. The van der Waals surface area contributed by atoms with E-state index in [2.05, 4.69) is 11.5 Å². The van der Waals surface area contributed by atoms with Crippen LogP contribution in [-0.4, -0.2) is 108 Å². The molecule has 0 saturated carbocycles. The largest absolute Gasteiger partial charge is 0.455 e. The highest BCUT2D eigenvalue weighted by molar-refractivity contribution is 5.88. The third-order valence-electron chi connectivity index (χ3n) is 11.2. The molecule has 0 bridgehead atoms. The van der Waals surface area contributed by atoms with Crippen LogP contribution in [0.25, 0.3) is 0 Å². The third-order valence-corrected chi connectivity index (χ3v) is 11.2. The van der Waals surface area contributed by atoms with E-state index in [4.69, 9.17) is 23.7 Å². The Bertz CT molecular complexity index is 1510. The second kappa shape index (κ2) is 16.7. The van der Waals surface area contributed by atoms with E-state index < -0.39 is 71.7 Å². The van der Waals surface area contributed by atoms with Crippen molar-refractivity contribution in [3.8, 4) is 6.07 Å². The maximum atomic E-state index is 14.6. The Morgan fingerprint density at radius 1 is 1.12 bits per heavy atom. The molecule has 0 aromatic heterocycles. The van der Waals surface area contributed by atoms with Crippen LogP contribution < -0.4 is 5.43 Å². The second-order valence-electron chi connectivity index (χ2n) is 15.5. The van der Waals surface area contributed by atoms with E-state index in [1.807, 2.05) is 53.6 Å². The summed E-state index contributed by atoms with van der Waals surface area (Å²) in [4.78, 5) is 44.0. The molecule has 3 heterocycles. The molecular weight excluding hydrogens is 668 g/mol. The molecule has 52 heavy (non-hydrogen) atoms. The molecule has 0 unspecified atom stereocenters. The number of carbonyl (C=O) groups is 3. The number of ether oxygens (including phenoxy) is 5. The van der Waals surface area contributed by atoms with Gasteiger partial charge < -0.3 is 33.7 Å². The standard InChI is InChI=1S/C39H58N4O9/c1-12-30-39(8)33(43(37(47)52-39)41-21-28-15-13-27(20-40)14-16-28)26(6)31(44)24(4)19-38(7,48-11)34(22(2)17-23(3)35(46)50-30)51-36-32(45)29(42(9)10)18-25(5)49-36/h13-17,22,24-26,29-30,32-34,36,41,45H,12,18-19,21H2,1-11H3/b23-17+/t22-,24+,25+,26-,29-,30+,32+,33+,34+,36-,38-,39+/m0/s1. The van der Waals surface area contributed by atoms with Gasteiger partial charge in [0.25, 0.3) is 0 Å². The third kappa shape index (κ3) is 8.54. The summed E-state index contributed by atoms with van der Waals surface area (Å²) in [5, 5.41) is 21.9.